The quantitative estimate of drug-likeness (QED) is 0.691. The molecule has 0 bridgehead atoms. The van der Waals surface area contributed by atoms with Crippen molar-refractivity contribution in [2.45, 2.75) is 13.0 Å². The third-order valence-corrected chi connectivity index (χ3v) is 4.70. The smallest absolute Gasteiger partial charge is 0.228 e. The molecule has 0 aliphatic heterocycles. The van der Waals surface area contributed by atoms with E-state index in [1.54, 1.807) is 24.3 Å². The first kappa shape index (κ1) is 16.6. The zero-order valence-electron chi connectivity index (χ0n) is 13.1. The molecule has 2 heterocycles. The van der Waals surface area contributed by atoms with Crippen LogP contribution in [-0.2, 0) is 17.8 Å². The number of hydrogen-bond donors (Lipinski definition) is 0. The first-order valence-corrected chi connectivity index (χ1v) is 8.71. The van der Waals surface area contributed by atoms with E-state index in [9.17, 15) is 4.79 Å². The van der Waals surface area contributed by atoms with Crippen LogP contribution in [0.1, 0.15) is 11.3 Å². The highest BCUT2D eigenvalue weighted by Gasteiger charge is 2.13. The monoisotopic (exact) mass is 357 g/mol. The predicted molar refractivity (Wildman–Crippen MR) is 97.0 cm³/mol. The van der Waals surface area contributed by atoms with E-state index in [0.29, 0.717) is 11.6 Å². The van der Waals surface area contributed by atoms with Crippen LogP contribution in [0.25, 0.3) is 10.6 Å². The van der Waals surface area contributed by atoms with Gasteiger partial charge in [0, 0.05) is 42.0 Å². The Labute approximate surface area is 149 Å². The summed E-state index contributed by atoms with van der Waals surface area (Å²) in [7, 11) is 1.79. The summed E-state index contributed by atoms with van der Waals surface area (Å²) in [5, 5.41) is 3.48. The fourth-order valence-corrected chi connectivity index (χ4v) is 3.32. The predicted octanol–water partition coefficient (Wildman–Crippen LogP) is 4.06. The van der Waals surface area contributed by atoms with Gasteiger partial charge in [-0.2, -0.15) is 0 Å². The highest BCUT2D eigenvalue weighted by molar-refractivity contribution is 7.13. The number of hydrogen-bond acceptors (Lipinski definition) is 4. The Kier molecular flexibility index (Phi) is 5.23. The van der Waals surface area contributed by atoms with Gasteiger partial charge in [0.2, 0.25) is 5.91 Å². The molecule has 0 spiro atoms. The Hall–Kier alpha value is -2.24. The van der Waals surface area contributed by atoms with Crippen LogP contribution in [0.3, 0.4) is 0 Å². The molecule has 0 aliphatic rings. The number of pyridine rings is 1. The van der Waals surface area contributed by atoms with Crippen molar-refractivity contribution in [1.82, 2.24) is 14.9 Å². The second-order valence-corrected chi connectivity index (χ2v) is 6.74. The molecule has 3 aromatic rings. The normalized spacial score (nSPS) is 10.6. The number of carbonyl (C=O) groups is 1. The SMILES string of the molecule is CN(Cc1cccc(Cl)c1)C(=O)Cc1csc(-c2cccnc2)n1. The van der Waals surface area contributed by atoms with Crippen LogP contribution in [-0.4, -0.2) is 27.8 Å². The number of benzene rings is 1. The lowest BCUT2D eigenvalue weighted by molar-refractivity contribution is -0.129. The van der Waals surface area contributed by atoms with Crippen molar-refractivity contribution in [3.63, 3.8) is 0 Å². The summed E-state index contributed by atoms with van der Waals surface area (Å²) in [4.78, 5) is 22.7. The number of amides is 1. The van der Waals surface area contributed by atoms with Gasteiger partial charge in [0.05, 0.1) is 12.1 Å². The molecule has 122 valence electrons. The Balaban J connectivity index is 1.63. The molecule has 0 radical (unpaired) electrons. The van der Waals surface area contributed by atoms with Gasteiger partial charge in [0.15, 0.2) is 0 Å². The molecule has 0 N–H and O–H groups in total. The number of thiazole rings is 1. The molecule has 0 fully saturated rings. The van der Waals surface area contributed by atoms with E-state index in [1.165, 1.54) is 11.3 Å². The Morgan fingerprint density at radius 3 is 2.92 bits per heavy atom. The third-order valence-electron chi connectivity index (χ3n) is 3.53. The van der Waals surface area contributed by atoms with Crippen molar-refractivity contribution in [2.24, 2.45) is 0 Å². The van der Waals surface area contributed by atoms with Crippen LogP contribution in [0, 0.1) is 0 Å². The largest absolute Gasteiger partial charge is 0.341 e. The zero-order valence-corrected chi connectivity index (χ0v) is 14.7. The topological polar surface area (TPSA) is 46.1 Å². The van der Waals surface area contributed by atoms with Crippen molar-refractivity contribution in [2.75, 3.05) is 7.05 Å². The summed E-state index contributed by atoms with van der Waals surface area (Å²) in [6, 6.07) is 11.4. The maximum absolute atomic E-state index is 12.4. The van der Waals surface area contributed by atoms with Gasteiger partial charge in [0.1, 0.15) is 5.01 Å². The van der Waals surface area contributed by atoms with E-state index in [-0.39, 0.29) is 12.3 Å². The van der Waals surface area contributed by atoms with E-state index in [1.807, 2.05) is 41.8 Å². The van der Waals surface area contributed by atoms with Crippen LogP contribution in [0.5, 0.6) is 0 Å². The van der Waals surface area contributed by atoms with Crippen molar-refractivity contribution in [3.05, 3.63) is 70.5 Å². The number of aromatic nitrogens is 2. The summed E-state index contributed by atoms with van der Waals surface area (Å²) in [6.07, 6.45) is 3.79. The maximum atomic E-state index is 12.4. The standard InChI is InChI=1S/C18H16ClN3OS/c1-22(11-13-4-2-6-15(19)8-13)17(23)9-16-12-24-18(21-16)14-5-3-7-20-10-14/h2-8,10,12H,9,11H2,1H3. The van der Waals surface area contributed by atoms with Crippen molar-refractivity contribution < 1.29 is 4.79 Å². The van der Waals surface area contributed by atoms with Gasteiger partial charge < -0.3 is 4.90 Å². The van der Waals surface area contributed by atoms with Crippen LogP contribution >= 0.6 is 22.9 Å². The number of carbonyl (C=O) groups excluding carboxylic acids is 1. The zero-order chi connectivity index (χ0) is 16.9. The van der Waals surface area contributed by atoms with E-state index >= 15 is 0 Å². The van der Waals surface area contributed by atoms with Crippen LogP contribution in [0.15, 0.2) is 54.2 Å². The first-order valence-electron chi connectivity index (χ1n) is 7.45. The minimum Gasteiger partial charge on any atom is -0.341 e. The highest BCUT2D eigenvalue weighted by Crippen LogP contribution is 2.23. The van der Waals surface area contributed by atoms with Crippen molar-refractivity contribution in [1.29, 1.82) is 0 Å². The van der Waals surface area contributed by atoms with Crippen molar-refractivity contribution in [3.8, 4) is 10.6 Å². The average Bonchev–Trinajstić information content (AvgIpc) is 3.04. The second-order valence-electron chi connectivity index (χ2n) is 5.44. The van der Waals surface area contributed by atoms with Crippen LogP contribution < -0.4 is 0 Å². The Bertz CT molecular complexity index is 835. The molecule has 0 aliphatic carbocycles. The third kappa shape index (κ3) is 4.19. The molecule has 0 atom stereocenters. The Morgan fingerprint density at radius 1 is 1.29 bits per heavy atom. The van der Waals surface area contributed by atoms with Gasteiger partial charge in [-0.15, -0.1) is 11.3 Å². The van der Waals surface area contributed by atoms with E-state index in [2.05, 4.69) is 9.97 Å². The molecule has 0 saturated heterocycles. The van der Waals surface area contributed by atoms with Crippen LogP contribution in [0.4, 0.5) is 0 Å². The first-order chi connectivity index (χ1) is 11.6. The molecule has 3 rings (SSSR count). The number of halogens is 1. The van der Waals surface area contributed by atoms with Gasteiger partial charge in [-0.1, -0.05) is 23.7 Å². The second kappa shape index (κ2) is 7.55. The number of likely N-dealkylation sites (N-methyl/N-ethyl adjacent to an activating group) is 1. The molecule has 6 heteroatoms. The lowest BCUT2D eigenvalue weighted by Gasteiger charge is -2.16. The molecule has 0 saturated carbocycles. The lowest BCUT2D eigenvalue weighted by Crippen LogP contribution is -2.27. The van der Waals surface area contributed by atoms with Crippen molar-refractivity contribution >= 4 is 28.8 Å². The summed E-state index contributed by atoms with van der Waals surface area (Å²) in [5.41, 5.74) is 2.75. The van der Waals surface area contributed by atoms with Gasteiger partial charge in [0.25, 0.3) is 0 Å². The summed E-state index contributed by atoms with van der Waals surface area (Å²) >= 11 is 7.50. The van der Waals surface area contributed by atoms with E-state index in [0.717, 1.165) is 21.8 Å². The number of nitrogens with zero attached hydrogens (tertiary/aromatic N) is 3. The molecule has 1 aromatic carbocycles. The van der Waals surface area contributed by atoms with Gasteiger partial charge in [-0.25, -0.2) is 4.98 Å². The van der Waals surface area contributed by atoms with E-state index < -0.39 is 0 Å². The Morgan fingerprint density at radius 2 is 2.17 bits per heavy atom. The molecular weight excluding hydrogens is 342 g/mol. The highest BCUT2D eigenvalue weighted by atomic mass is 35.5. The molecular formula is C18H16ClN3OS. The lowest BCUT2D eigenvalue weighted by atomic mass is 10.2. The fraction of sp³-hybridized carbons (Fsp3) is 0.167. The fourth-order valence-electron chi connectivity index (χ4n) is 2.30. The van der Waals surface area contributed by atoms with Crippen LogP contribution in [0.2, 0.25) is 5.02 Å². The van der Waals surface area contributed by atoms with Gasteiger partial charge >= 0.3 is 0 Å². The maximum Gasteiger partial charge on any atom is 0.228 e. The molecule has 1 amide bonds. The van der Waals surface area contributed by atoms with Gasteiger partial charge in [-0.05, 0) is 29.8 Å². The average molecular weight is 358 g/mol. The number of rotatable bonds is 5. The summed E-state index contributed by atoms with van der Waals surface area (Å²) in [5.74, 6) is 0.0259. The molecule has 24 heavy (non-hydrogen) atoms. The minimum atomic E-state index is 0.0259. The summed E-state index contributed by atoms with van der Waals surface area (Å²) in [6.45, 7) is 0.527. The minimum absolute atomic E-state index is 0.0259. The van der Waals surface area contributed by atoms with E-state index in [4.69, 9.17) is 11.6 Å². The summed E-state index contributed by atoms with van der Waals surface area (Å²) < 4.78 is 0. The molecule has 2 aromatic heterocycles. The molecule has 0 unspecified atom stereocenters. The molecule has 4 nitrogen and oxygen atoms in total. The van der Waals surface area contributed by atoms with Gasteiger partial charge in [-0.3, -0.25) is 9.78 Å².